The topological polar surface area (TPSA) is 71.8 Å². The van der Waals surface area contributed by atoms with Gasteiger partial charge in [-0.1, -0.05) is 48.5 Å². The predicted molar refractivity (Wildman–Crippen MR) is 128 cm³/mol. The number of ether oxygens (including phenoxy) is 1. The molecule has 1 aliphatic heterocycles. The summed E-state index contributed by atoms with van der Waals surface area (Å²) in [5, 5.41) is 5.31. The van der Waals surface area contributed by atoms with E-state index in [2.05, 4.69) is 34.5 Å². The van der Waals surface area contributed by atoms with Crippen LogP contribution < -0.4 is 15.7 Å². The van der Waals surface area contributed by atoms with Crippen molar-refractivity contribution < 1.29 is 13.9 Å². The number of benzene rings is 3. The van der Waals surface area contributed by atoms with E-state index in [1.807, 2.05) is 30.3 Å². The van der Waals surface area contributed by atoms with E-state index in [0.717, 1.165) is 43.2 Å². The van der Waals surface area contributed by atoms with Crippen molar-refractivity contribution in [1.29, 1.82) is 0 Å². The molecule has 0 spiro atoms. The monoisotopic (exact) mass is 442 g/mol. The molecule has 1 N–H and O–H groups in total. The van der Waals surface area contributed by atoms with E-state index in [1.165, 1.54) is 5.56 Å². The Hall–Kier alpha value is -3.64. The predicted octanol–water partition coefficient (Wildman–Crippen LogP) is 4.11. The maximum atomic E-state index is 12.4. The number of hydrogen-bond acceptors (Lipinski definition) is 5. The van der Waals surface area contributed by atoms with Crippen LogP contribution in [0.5, 0.6) is 5.75 Å². The Balaban J connectivity index is 1.14. The SMILES string of the molecule is O=C(COc1ccc2c(c1)oc(=O)c1ccccc12)NC1CCN(Cc2ccccc2)CC1. The van der Waals surface area contributed by atoms with Gasteiger partial charge in [-0.2, -0.15) is 0 Å². The molecule has 3 aromatic carbocycles. The third kappa shape index (κ3) is 4.91. The van der Waals surface area contributed by atoms with E-state index >= 15 is 0 Å². The Kier molecular flexibility index (Phi) is 6.09. The van der Waals surface area contributed by atoms with Gasteiger partial charge in [0.15, 0.2) is 6.61 Å². The quantitative estimate of drug-likeness (QED) is 0.360. The zero-order valence-electron chi connectivity index (χ0n) is 18.3. The fourth-order valence-electron chi connectivity index (χ4n) is 4.45. The van der Waals surface area contributed by atoms with Crippen LogP contribution >= 0.6 is 0 Å². The lowest BCUT2D eigenvalue weighted by atomic mass is 10.0. The summed E-state index contributed by atoms with van der Waals surface area (Å²) in [5.74, 6) is 0.352. The molecule has 1 fully saturated rings. The molecule has 5 rings (SSSR count). The highest BCUT2D eigenvalue weighted by Crippen LogP contribution is 2.26. The summed E-state index contributed by atoms with van der Waals surface area (Å²) >= 11 is 0. The van der Waals surface area contributed by atoms with Crippen LogP contribution in [-0.4, -0.2) is 36.5 Å². The summed E-state index contributed by atoms with van der Waals surface area (Å²) in [6.45, 7) is 2.78. The number of carbonyl (C=O) groups is 1. The van der Waals surface area contributed by atoms with Gasteiger partial charge in [0.2, 0.25) is 0 Å². The largest absolute Gasteiger partial charge is 0.484 e. The molecule has 0 aliphatic carbocycles. The third-order valence-electron chi connectivity index (χ3n) is 6.16. The van der Waals surface area contributed by atoms with E-state index in [4.69, 9.17) is 9.15 Å². The van der Waals surface area contributed by atoms with Gasteiger partial charge in [-0.05, 0) is 42.0 Å². The summed E-state index contributed by atoms with van der Waals surface area (Å²) < 4.78 is 11.1. The number of nitrogens with one attached hydrogen (secondary N) is 1. The van der Waals surface area contributed by atoms with Crippen LogP contribution in [0.2, 0.25) is 0 Å². The van der Waals surface area contributed by atoms with Gasteiger partial charge in [0, 0.05) is 37.1 Å². The van der Waals surface area contributed by atoms with Crippen LogP contribution in [0, 0.1) is 0 Å². The van der Waals surface area contributed by atoms with Crippen molar-refractivity contribution in [1.82, 2.24) is 10.2 Å². The second-order valence-electron chi connectivity index (χ2n) is 8.49. The molecule has 0 saturated carbocycles. The van der Waals surface area contributed by atoms with Gasteiger partial charge in [-0.3, -0.25) is 9.69 Å². The smallest absolute Gasteiger partial charge is 0.344 e. The van der Waals surface area contributed by atoms with Crippen LogP contribution in [0.4, 0.5) is 0 Å². The van der Waals surface area contributed by atoms with E-state index in [-0.39, 0.29) is 24.2 Å². The number of likely N-dealkylation sites (tertiary alicyclic amines) is 1. The second-order valence-corrected chi connectivity index (χ2v) is 8.49. The van der Waals surface area contributed by atoms with Crippen molar-refractivity contribution in [3.05, 3.63) is 88.8 Å². The molecule has 1 saturated heterocycles. The molecule has 2 heterocycles. The molecule has 168 valence electrons. The van der Waals surface area contributed by atoms with Gasteiger partial charge >= 0.3 is 5.63 Å². The fraction of sp³-hybridized carbons (Fsp3) is 0.259. The van der Waals surface area contributed by atoms with Crippen molar-refractivity contribution >= 4 is 27.6 Å². The first-order valence-electron chi connectivity index (χ1n) is 11.3. The Bertz CT molecular complexity index is 1320. The van der Waals surface area contributed by atoms with Gasteiger partial charge in [-0.25, -0.2) is 4.79 Å². The van der Waals surface area contributed by atoms with Crippen molar-refractivity contribution in [3.63, 3.8) is 0 Å². The number of rotatable bonds is 6. The fourth-order valence-corrected chi connectivity index (χ4v) is 4.45. The number of fused-ring (bicyclic) bond motifs is 3. The van der Waals surface area contributed by atoms with Crippen LogP contribution in [0.3, 0.4) is 0 Å². The van der Waals surface area contributed by atoms with Crippen molar-refractivity contribution in [2.24, 2.45) is 0 Å². The number of nitrogens with zero attached hydrogens (tertiary/aromatic N) is 1. The van der Waals surface area contributed by atoms with E-state index < -0.39 is 0 Å². The first kappa shape index (κ1) is 21.2. The minimum atomic E-state index is -0.383. The minimum absolute atomic E-state index is 0.0758. The Morgan fingerprint density at radius 2 is 1.67 bits per heavy atom. The van der Waals surface area contributed by atoms with Crippen LogP contribution in [0.25, 0.3) is 21.7 Å². The average Bonchev–Trinajstić information content (AvgIpc) is 2.85. The molecule has 6 nitrogen and oxygen atoms in total. The molecule has 0 radical (unpaired) electrons. The first-order chi connectivity index (χ1) is 16.2. The van der Waals surface area contributed by atoms with Crippen molar-refractivity contribution in [2.45, 2.75) is 25.4 Å². The molecule has 1 aromatic heterocycles. The lowest BCUT2D eigenvalue weighted by Gasteiger charge is -2.32. The Labute approximate surface area is 191 Å². The van der Waals surface area contributed by atoms with Crippen molar-refractivity contribution in [2.75, 3.05) is 19.7 Å². The molecule has 0 unspecified atom stereocenters. The highest BCUT2D eigenvalue weighted by atomic mass is 16.5. The molecule has 33 heavy (non-hydrogen) atoms. The third-order valence-corrected chi connectivity index (χ3v) is 6.16. The van der Waals surface area contributed by atoms with Crippen molar-refractivity contribution in [3.8, 4) is 5.75 Å². The van der Waals surface area contributed by atoms with Gasteiger partial charge < -0.3 is 14.5 Å². The van der Waals surface area contributed by atoms with Crippen LogP contribution in [-0.2, 0) is 11.3 Å². The number of carbonyl (C=O) groups excluding carboxylic acids is 1. The molecular formula is C27H26N2O4. The summed E-state index contributed by atoms with van der Waals surface area (Å²) in [6, 6.07) is 23.3. The van der Waals surface area contributed by atoms with Gasteiger partial charge in [-0.15, -0.1) is 0 Å². The first-order valence-corrected chi connectivity index (χ1v) is 11.3. The molecule has 6 heteroatoms. The minimum Gasteiger partial charge on any atom is -0.484 e. The second kappa shape index (κ2) is 9.46. The Morgan fingerprint density at radius 3 is 2.45 bits per heavy atom. The maximum Gasteiger partial charge on any atom is 0.344 e. The van der Waals surface area contributed by atoms with E-state index in [1.54, 1.807) is 18.2 Å². The number of amides is 1. The highest BCUT2D eigenvalue weighted by Gasteiger charge is 2.21. The molecule has 1 aliphatic rings. The summed E-state index contributed by atoms with van der Waals surface area (Å²) in [7, 11) is 0. The van der Waals surface area contributed by atoms with Gasteiger partial charge in [0.05, 0.1) is 5.39 Å². The molecule has 0 bridgehead atoms. The molecule has 1 amide bonds. The Morgan fingerprint density at radius 1 is 0.939 bits per heavy atom. The lowest BCUT2D eigenvalue weighted by Crippen LogP contribution is -2.45. The molecule has 4 aromatic rings. The average molecular weight is 443 g/mol. The number of hydrogen-bond donors (Lipinski definition) is 1. The molecule has 0 atom stereocenters. The van der Waals surface area contributed by atoms with E-state index in [0.29, 0.717) is 16.7 Å². The summed E-state index contributed by atoms with van der Waals surface area (Å²) in [6.07, 6.45) is 1.85. The van der Waals surface area contributed by atoms with Gasteiger partial charge in [0.25, 0.3) is 5.91 Å². The number of piperidine rings is 1. The molecular weight excluding hydrogens is 416 g/mol. The standard InChI is InChI=1S/C27H26N2O4/c30-26(28-20-12-14-29(15-13-20)17-19-6-2-1-3-7-19)18-32-21-10-11-23-22-8-4-5-9-24(22)27(31)33-25(23)16-21/h1-11,16,20H,12-15,17-18H2,(H,28,30). The van der Waals surface area contributed by atoms with Crippen LogP contribution in [0.15, 0.2) is 82.0 Å². The maximum absolute atomic E-state index is 12.4. The lowest BCUT2D eigenvalue weighted by molar-refractivity contribution is -0.124. The van der Waals surface area contributed by atoms with E-state index in [9.17, 15) is 9.59 Å². The summed E-state index contributed by atoms with van der Waals surface area (Å²) in [5.41, 5.74) is 1.38. The highest BCUT2D eigenvalue weighted by molar-refractivity contribution is 6.04. The normalized spacial score (nSPS) is 15.0. The van der Waals surface area contributed by atoms with Gasteiger partial charge in [0.1, 0.15) is 11.3 Å². The van der Waals surface area contributed by atoms with Crippen LogP contribution in [0.1, 0.15) is 18.4 Å². The zero-order chi connectivity index (χ0) is 22.6. The summed E-state index contributed by atoms with van der Waals surface area (Å²) in [4.78, 5) is 27.1. The zero-order valence-corrected chi connectivity index (χ0v) is 18.3.